The highest BCUT2D eigenvalue weighted by Gasteiger charge is 2.10. The molecule has 0 atom stereocenters. The number of aryl methyl sites for hydroxylation is 4. The summed E-state index contributed by atoms with van der Waals surface area (Å²) in [6, 6.07) is 14.3. The molecule has 0 fully saturated rings. The summed E-state index contributed by atoms with van der Waals surface area (Å²) in [5.74, 6) is 7.28. The van der Waals surface area contributed by atoms with Gasteiger partial charge in [0.1, 0.15) is 5.71 Å². The lowest BCUT2D eigenvalue weighted by Crippen LogP contribution is -2.10. The Labute approximate surface area is 361 Å². The van der Waals surface area contributed by atoms with Crippen LogP contribution in [0.2, 0.25) is 0 Å². The van der Waals surface area contributed by atoms with Crippen LogP contribution in [0.15, 0.2) is 58.5 Å². The van der Waals surface area contributed by atoms with E-state index in [4.69, 9.17) is 9.98 Å². The SMILES string of the molecule is CCCCCC/C=C/C(=Nc1cc(CCCCC)cc(CCCCC)c1)C(C#CCCCCCCCCCCCC)=Nc1cc(CCCCC)cc(CCCCC)c1. The van der Waals surface area contributed by atoms with Gasteiger partial charge in [-0.2, -0.15) is 0 Å². The molecule has 0 amide bonds. The molecule has 0 saturated carbocycles. The maximum atomic E-state index is 5.51. The number of unbranched alkanes of at least 4 members (excludes halogenated alkanes) is 22. The Morgan fingerprint density at radius 2 is 0.776 bits per heavy atom. The smallest absolute Gasteiger partial charge is 0.139 e. The molecule has 0 aromatic heterocycles. The van der Waals surface area contributed by atoms with E-state index in [0.29, 0.717) is 0 Å². The summed E-state index contributed by atoms with van der Waals surface area (Å²) in [4.78, 5) is 11.0. The number of hydrogen-bond donors (Lipinski definition) is 0. The van der Waals surface area contributed by atoms with E-state index in [1.165, 1.54) is 183 Å². The van der Waals surface area contributed by atoms with Gasteiger partial charge in [0.05, 0.1) is 17.1 Å². The van der Waals surface area contributed by atoms with Crippen molar-refractivity contribution in [3.05, 3.63) is 70.8 Å². The van der Waals surface area contributed by atoms with Crippen molar-refractivity contribution < 1.29 is 0 Å². The second-order valence-corrected chi connectivity index (χ2v) is 17.3. The van der Waals surface area contributed by atoms with Crippen molar-refractivity contribution in [3.8, 4) is 11.8 Å². The second kappa shape index (κ2) is 36.0. The molecule has 2 aromatic rings. The monoisotopic (exact) mass is 791 g/mol. The fraction of sp³-hybridized carbons (Fsp3) is 0.679. The average molecular weight is 791 g/mol. The van der Waals surface area contributed by atoms with Crippen molar-refractivity contribution in [3.63, 3.8) is 0 Å². The van der Waals surface area contributed by atoms with Gasteiger partial charge in [-0.15, -0.1) is 0 Å². The van der Waals surface area contributed by atoms with Crippen LogP contribution in [0.3, 0.4) is 0 Å². The van der Waals surface area contributed by atoms with Gasteiger partial charge in [-0.1, -0.05) is 194 Å². The van der Waals surface area contributed by atoms with Crippen LogP contribution in [0, 0.1) is 11.8 Å². The minimum Gasteiger partial charge on any atom is -0.246 e. The minimum absolute atomic E-state index is 0.825. The van der Waals surface area contributed by atoms with Crippen molar-refractivity contribution in [2.45, 2.75) is 247 Å². The van der Waals surface area contributed by atoms with Crippen LogP contribution in [-0.2, 0) is 25.7 Å². The van der Waals surface area contributed by atoms with Gasteiger partial charge < -0.3 is 0 Å². The van der Waals surface area contributed by atoms with Gasteiger partial charge in [-0.25, -0.2) is 9.98 Å². The molecule has 0 aliphatic heterocycles. The molecule has 0 spiro atoms. The summed E-state index contributed by atoms with van der Waals surface area (Å²) in [5.41, 5.74) is 9.52. The van der Waals surface area contributed by atoms with Gasteiger partial charge in [0.2, 0.25) is 0 Å². The number of aliphatic imine (C=N–C) groups is 2. The van der Waals surface area contributed by atoms with E-state index in [1.54, 1.807) is 0 Å². The average Bonchev–Trinajstić information content (AvgIpc) is 3.22. The first-order chi connectivity index (χ1) is 28.6. The molecule has 0 bridgehead atoms. The van der Waals surface area contributed by atoms with Gasteiger partial charge in [-0.05, 0) is 129 Å². The van der Waals surface area contributed by atoms with Crippen molar-refractivity contribution in [1.82, 2.24) is 0 Å². The third-order valence-corrected chi connectivity index (χ3v) is 11.4. The van der Waals surface area contributed by atoms with Crippen LogP contribution in [0.5, 0.6) is 0 Å². The van der Waals surface area contributed by atoms with E-state index in [2.05, 4.69) is 102 Å². The van der Waals surface area contributed by atoms with Crippen LogP contribution in [0.1, 0.15) is 244 Å². The van der Waals surface area contributed by atoms with Gasteiger partial charge in [0, 0.05) is 6.42 Å². The van der Waals surface area contributed by atoms with Crippen molar-refractivity contribution >= 4 is 22.8 Å². The zero-order valence-corrected chi connectivity index (χ0v) is 39.1. The van der Waals surface area contributed by atoms with E-state index in [-0.39, 0.29) is 0 Å². The summed E-state index contributed by atoms with van der Waals surface area (Å²) in [6.45, 7) is 13.8. The van der Waals surface area contributed by atoms with Crippen molar-refractivity contribution in [1.29, 1.82) is 0 Å². The Bertz CT molecular complexity index is 1410. The lowest BCUT2D eigenvalue weighted by atomic mass is 9.99. The predicted octanol–water partition coefficient (Wildman–Crippen LogP) is 18.3. The molecule has 2 heteroatoms. The molecule has 0 N–H and O–H groups in total. The summed E-state index contributed by atoms with van der Waals surface area (Å²) in [5, 5.41) is 0. The fourth-order valence-corrected chi connectivity index (χ4v) is 7.83. The zero-order chi connectivity index (χ0) is 41.7. The third-order valence-electron chi connectivity index (χ3n) is 11.4. The molecule has 0 unspecified atom stereocenters. The van der Waals surface area contributed by atoms with Gasteiger partial charge in [0.25, 0.3) is 0 Å². The van der Waals surface area contributed by atoms with Crippen LogP contribution >= 0.6 is 0 Å². The molecule has 0 aliphatic rings. The molecular formula is C56H90N2. The lowest BCUT2D eigenvalue weighted by molar-refractivity contribution is 0.558. The zero-order valence-electron chi connectivity index (χ0n) is 39.1. The van der Waals surface area contributed by atoms with Crippen LogP contribution in [0.25, 0.3) is 0 Å². The second-order valence-electron chi connectivity index (χ2n) is 17.3. The highest BCUT2D eigenvalue weighted by molar-refractivity contribution is 6.53. The number of nitrogens with zero attached hydrogens (tertiary/aromatic N) is 2. The van der Waals surface area contributed by atoms with E-state index in [1.807, 2.05) is 0 Å². The van der Waals surface area contributed by atoms with Crippen molar-refractivity contribution in [2.24, 2.45) is 9.98 Å². The quantitative estimate of drug-likeness (QED) is 0.0377. The number of allylic oxidation sites excluding steroid dienone is 2. The standard InChI is InChI=1S/C56H90N2/c1-7-13-19-21-23-24-25-26-27-28-30-36-42-56(58-54-47-51(39-33-17-11-5)44-52(48-54)40-34-18-12-6)55(41-35-29-22-20-14-8-2)57-53-45-49(37-31-15-9-3)43-50(46-53)38-32-16-10-4/h35,41,43-48H,7-34,37-40H2,1-6H3/b41-35+,57-55?,58-56?. The lowest BCUT2D eigenvalue weighted by Gasteiger charge is -2.10. The van der Waals surface area contributed by atoms with Crippen LogP contribution < -0.4 is 0 Å². The van der Waals surface area contributed by atoms with E-state index >= 15 is 0 Å². The fourth-order valence-electron chi connectivity index (χ4n) is 7.83. The molecule has 2 nitrogen and oxygen atoms in total. The van der Waals surface area contributed by atoms with Crippen LogP contribution in [0.4, 0.5) is 11.4 Å². The normalized spacial score (nSPS) is 12.1. The van der Waals surface area contributed by atoms with E-state index < -0.39 is 0 Å². The molecule has 2 aromatic carbocycles. The molecule has 0 aliphatic carbocycles. The summed E-state index contributed by atoms with van der Waals surface area (Å²) >= 11 is 0. The van der Waals surface area contributed by atoms with Gasteiger partial charge >= 0.3 is 0 Å². The summed E-state index contributed by atoms with van der Waals surface area (Å²) in [6.07, 6.45) is 44.5. The largest absolute Gasteiger partial charge is 0.246 e. The van der Waals surface area contributed by atoms with E-state index in [9.17, 15) is 0 Å². The topological polar surface area (TPSA) is 24.7 Å². The Morgan fingerprint density at radius 1 is 0.414 bits per heavy atom. The maximum absolute atomic E-state index is 5.51. The summed E-state index contributed by atoms with van der Waals surface area (Å²) in [7, 11) is 0. The Hall–Kier alpha value is -2.92. The highest BCUT2D eigenvalue weighted by Crippen LogP contribution is 2.25. The molecule has 324 valence electrons. The molecular weight excluding hydrogens is 701 g/mol. The molecule has 0 saturated heterocycles. The third kappa shape index (κ3) is 25.5. The van der Waals surface area contributed by atoms with Gasteiger partial charge in [0.15, 0.2) is 0 Å². The predicted molar refractivity (Wildman–Crippen MR) is 262 cm³/mol. The Kier molecular flexibility index (Phi) is 31.8. The number of hydrogen-bond acceptors (Lipinski definition) is 2. The number of rotatable bonds is 35. The first-order valence-electron chi connectivity index (χ1n) is 25.1. The maximum Gasteiger partial charge on any atom is 0.139 e. The Balaban J connectivity index is 2.60. The summed E-state index contributed by atoms with van der Waals surface area (Å²) < 4.78 is 0. The number of benzene rings is 2. The molecule has 58 heavy (non-hydrogen) atoms. The Morgan fingerprint density at radius 3 is 1.21 bits per heavy atom. The first-order valence-corrected chi connectivity index (χ1v) is 25.1. The first kappa shape index (κ1) is 51.2. The highest BCUT2D eigenvalue weighted by atomic mass is 14.8. The van der Waals surface area contributed by atoms with Gasteiger partial charge in [-0.3, -0.25) is 0 Å². The minimum atomic E-state index is 0.825. The van der Waals surface area contributed by atoms with Crippen LogP contribution in [-0.4, -0.2) is 11.4 Å². The molecule has 2 rings (SSSR count). The van der Waals surface area contributed by atoms with Crippen molar-refractivity contribution in [2.75, 3.05) is 0 Å². The van der Waals surface area contributed by atoms with E-state index in [0.717, 1.165) is 67.7 Å². The molecule has 0 radical (unpaired) electrons. The molecule has 0 heterocycles.